The largest absolute Gasteiger partial charge is 0.492 e. The molecule has 23 heavy (non-hydrogen) atoms. The van der Waals surface area contributed by atoms with Gasteiger partial charge in [-0.25, -0.2) is 0 Å². The van der Waals surface area contributed by atoms with Crippen LogP contribution >= 0.6 is 0 Å². The first-order valence-corrected chi connectivity index (χ1v) is 7.52. The van der Waals surface area contributed by atoms with Crippen molar-refractivity contribution in [3.8, 4) is 5.75 Å². The van der Waals surface area contributed by atoms with Gasteiger partial charge in [-0.3, -0.25) is 9.59 Å². The van der Waals surface area contributed by atoms with Crippen molar-refractivity contribution in [3.05, 3.63) is 59.7 Å². The van der Waals surface area contributed by atoms with Crippen molar-refractivity contribution in [3.63, 3.8) is 0 Å². The van der Waals surface area contributed by atoms with E-state index < -0.39 is 0 Å². The van der Waals surface area contributed by atoms with Crippen molar-refractivity contribution in [2.45, 2.75) is 6.92 Å². The summed E-state index contributed by atoms with van der Waals surface area (Å²) < 4.78 is 5.70. The van der Waals surface area contributed by atoms with Gasteiger partial charge in [-0.2, -0.15) is 0 Å². The number of anilines is 1. The van der Waals surface area contributed by atoms with Crippen LogP contribution in [0, 0.1) is 6.92 Å². The predicted molar refractivity (Wildman–Crippen MR) is 87.8 cm³/mol. The molecule has 0 unspecified atom stereocenters. The Morgan fingerprint density at radius 3 is 2.61 bits per heavy atom. The number of carbonyl (C=O) groups is 2. The van der Waals surface area contributed by atoms with Gasteiger partial charge >= 0.3 is 0 Å². The average molecular weight is 310 g/mol. The molecule has 2 amide bonds. The second-order valence-corrected chi connectivity index (χ2v) is 5.41. The maximum Gasteiger partial charge on any atom is 0.253 e. The van der Waals surface area contributed by atoms with Gasteiger partial charge in [-0.05, 0) is 31.2 Å². The van der Waals surface area contributed by atoms with Crippen LogP contribution in [0.3, 0.4) is 0 Å². The molecule has 0 spiro atoms. The summed E-state index contributed by atoms with van der Waals surface area (Å²) >= 11 is 0. The van der Waals surface area contributed by atoms with E-state index in [9.17, 15) is 9.59 Å². The van der Waals surface area contributed by atoms with Crippen LogP contribution in [0.2, 0.25) is 0 Å². The van der Waals surface area contributed by atoms with Crippen LogP contribution in [-0.4, -0.2) is 31.5 Å². The molecule has 0 atom stereocenters. The Morgan fingerprint density at radius 2 is 1.83 bits per heavy atom. The molecule has 0 bridgehead atoms. The number of amides is 2. The fourth-order valence-corrected chi connectivity index (χ4v) is 2.52. The molecule has 1 N–H and O–H groups in total. The molecule has 5 heteroatoms. The first kappa shape index (κ1) is 15.1. The van der Waals surface area contributed by atoms with E-state index >= 15 is 0 Å². The van der Waals surface area contributed by atoms with Crippen LogP contribution in [-0.2, 0) is 4.79 Å². The highest BCUT2D eigenvalue weighted by atomic mass is 16.5. The summed E-state index contributed by atoms with van der Waals surface area (Å²) in [5, 5.41) is 2.62. The number of nitrogens with one attached hydrogen (secondary N) is 1. The minimum absolute atomic E-state index is 0.00194. The third-order valence-corrected chi connectivity index (χ3v) is 3.75. The van der Waals surface area contributed by atoms with Gasteiger partial charge in [0.05, 0.1) is 24.3 Å². The molecule has 0 fully saturated rings. The number of para-hydroxylation sites is 1. The lowest BCUT2D eigenvalue weighted by atomic mass is 10.1. The number of fused-ring (bicyclic) bond motifs is 1. The molecule has 118 valence electrons. The summed E-state index contributed by atoms with van der Waals surface area (Å²) in [7, 11) is 0. The number of nitrogens with zero attached hydrogens (tertiary/aromatic N) is 1. The van der Waals surface area contributed by atoms with Gasteiger partial charge in [0.25, 0.3) is 5.91 Å². The molecular formula is C18H18N2O3. The lowest BCUT2D eigenvalue weighted by molar-refractivity contribution is -0.117. The fraction of sp³-hybridized carbons (Fsp3) is 0.222. The summed E-state index contributed by atoms with van der Waals surface area (Å²) in [6.45, 7) is 2.76. The lowest BCUT2D eigenvalue weighted by Gasteiger charge is -2.22. The third-order valence-electron chi connectivity index (χ3n) is 3.75. The van der Waals surface area contributed by atoms with Crippen molar-refractivity contribution >= 4 is 17.5 Å². The number of benzene rings is 2. The average Bonchev–Trinajstić information content (AvgIpc) is 2.69. The van der Waals surface area contributed by atoms with Crippen molar-refractivity contribution < 1.29 is 14.3 Å². The predicted octanol–water partition coefficient (Wildman–Crippen LogP) is 2.15. The maximum atomic E-state index is 12.3. The Hall–Kier alpha value is -2.82. The van der Waals surface area contributed by atoms with Gasteiger partial charge in [-0.15, -0.1) is 0 Å². The van der Waals surface area contributed by atoms with Gasteiger partial charge in [0.15, 0.2) is 0 Å². The molecule has 2 aromatic carbocycles. The highest BCUT2D eigenvalue weighted by molar-refractivity contribution is 6.09. The van der Waals surface area contributed by atoms with E-state index in [1.54, 1.807) is 23.1 Å². The standard InChI is InChI=1S/C18H18N2O3/c1-13-6-8-14(9-7-13)23-11-10-20-16-5-3-2-4-15(16)18(22)19-12-17(20)21/h2-9H,10-12H2,1H3,(H,19,22). The molecule has 0 aliphatic carbocycles. The normalized spacial score (nSPS) is 14.0. The number of hydrogen-bond acceptors (Lipinski definition) is 3. The van der Waals surface area contributed by atoms with Crippen molar-refractivity contribution in [2.24, 2.45) is 0 Å². The summed E-state index contributed by atoms with van der Waals surface area (Å²) in [6.07, 6.45) is 0. The Labute approximate surface area is 134 Å². The van der Waals surface area contributed by atoms with E-state index in [0.717, 1.165) is 5.75 Å². The van der Waals surface area contributed by atoms with Crippen LogP contribution in [0.15, 0.2) is 48.5 Å². The van der Waals surface area contributed by atoms with Crippen LogP contribution < -0.4 is 15.0 Å². The van der Waals surface area contributed by atoms with Gasteiger partial charge in [0.1, 0.15) is 12.4 Å². The number of rotatable bonds is 4. The zero-order valence-electron chi connectivity index (χ0n) is 12.9. The number of aryl methyl sites for hydroxylation is 1. The van der Waals surface area contributed by atoms with Crippen molar-refractivity contribution in [1.29, 1.82) is 0 Å². The number of hydrogen-bond donors (Lipinski definition) is 1. The quantitative estimate of drug-likeness (QED) is 0.941. The van der Waals surface area contributed by atoms with Gasteiger partial charge in [-0.1, -0.05) is 29.8 Å². The first-order chi connectivity index (χ1) is 11.1. The maximum absolute atomic E-state index is 12.3. The van der Waals surface area contributed by atoms with E-state index in [-0.39, 0.29) is 18.4 Å². The summed E-state index contributed by atoms with van der Waals surface area (Å²) in [5.41, 5.74) is 2.30. The van der Waals surface area contributed by atoms with E-state index in [1.807, 2.05) is 37.3 Å². The molecule has 2 aromatic rings. The highest BCUT2D eigenvalue weighted by Gasteiger charge is 2.25. The summed E-state index contributed by atoms with van der Waals surface area (Å²) in [5.74, 6) is 0.395. The Balaban J connectivity index is 1.73. The van der Waals surface area contributed by atoms with Gasteiger partial charge in [0, 0.05) is 0 Å². The van der Waals surface area contributed by atoms with Crippen LogP contribution in [0.25, 0.3) is 0 Å². The van der Waals surface area contributed by atoms with E-state index in [4.69, 9.17) is 4.74 Å². The van der Waals surface area contributed by atoms with Crippen molar-refractivity contribution in [2.75, 3.05) is 24.6 Å². The van der Waals surface area contributed by atoms with Gasteiger partial charge in [0.2, 0.25) is 5.91 Å². The molecule has 1 heterocycles. The van der Waals surface area contributed by atoms with Gasteiger partial charge < -0.3 is 15.0 Å². The second kappa shape index (κ2) is 6.52. The van der Waals surface area contributed by atoms with E-state index in [2.05, 4.69) is 5.32 Å². The SMILES string of the molecule is Cc1ccc(OCCN2C(=O)CNC(=O)c3ccccc32)cc1. The molecule has 0 saturated carbocycles. The molecule has 0 saturated heterocycles. The smallest absolute Gasteiger partial charge is 0.253 e. The number of carbonyl (C=O) groups excluding carboxylic acids is 2. The fourth-order valence-electron chi connectivity index (χ4n) is 2.52. The van der Waals surface area contributed by atoms with Crippen LogP contribution in [0.4, 0.5) is 5.69 Å². The molecular weight excluding hydrogens is 292 g/mol. The Morgan fingerprint density at radius 1 is 1.09 bits per heavy atom. The third kappa shape index (κ3) is 3.34. The highest BCUT2D eigenvalue weighted by Crippen LogP contribution is 2.22. The monoisotopic (exact) mass is 310 g/mol. The Bertz CT molecular complexity index is 725. The minimum atomic E-state index is -0.226. The van der Waals surface area contributed by atoms with E-state index in [1.165, 1.54) is 5.56 Å². The number of ether oxygens (including phenoxy) is 1. The Kier molecular flexibility index (Phi) is 4.28. The molecule has 1 aliphatic heterocycles. The van der Waals surface area contributed by atoms with Crippen LogP contribution in [0.1, 0.15) is 15.9 Å². The molecule has 1 aliphatic rings. The lowest BCUT2D eigenvalue weighted by Crippen LogP contribution is -2.38. The summed E-state index contributed by atoms with van der Waals surface area (Å²) in [4.78, 5) is 25.9. The van der Waals surface area contributed by atoms with Crippen molar-refractivity contribution in [1.82, 2.24) is 5.32 Å². The first-order valence-electron chi connectivity index (χ1n) is 7.52. The zero-order valence-corrected chi connectivity index (χ0v) is 12.9. The minimum Gasteiger partial charge on any atom is -0.492 e. The topological polar surface area (TPSA) is 58.6 Å². The van der Waals surface area contributed by atoms with E-state index in [0.29, 0.717) is 24.4 Å². The molecule has 0 radical (unpaired) electrons. The summed E-state index contributed by atoms with van der Waals surface area (Å²) in [6, 6.07) is 14.9. The molecule has 0 aromatic heterocycles. The second-order valence-electron chi connectivity index (χ2n) is 5.41. The molecule has 3 rings (SSSR count). The zero-order chi connectivity index (χ0) is 16.2. The van der Waals surface area contributed by atoms with Crippen LogP contribution in [0.5, 0.6) is 5.75 Å². The molecule has 5 nitrogen and oxygen atoms in total.